The molecule has 0 saturated heterocycles. The van der Waals surface area contributed by atoms with Gasteiger partial charge in [-0.2, -0.15) is 0 Å². The molecule has 1 atom stereocenters. The van der Waals surface area contributed by atoms with Crippen LogP contribution in [0.15, 0.2) is 77.7 Å². The molecule has 26 heavy (non-hydrogen) atoms. The first-order valence-electron chi connectivity index (χ1n) is 8.09. The van der Waals surface area contributed by atoms with Crippen LogP contribution < -0.4 is 5.73 Å². The third kappa shape index (κ3) is 4.61. The van der Waals surface area contributed by atoms with Crippen molar-refractivity contribution >= 4 is 46.4 Å². The van der Waals surface area contributed by atoms with Crippen molar-refractivity contribution in [1.29, 1.82) is 0 Å². The second-order valence-corrected chi connectivity index (χ2v) is 7.87. The fourth-order valence-electron chi connectivity index (χ4n) is 2.59. The first kappa shape index (κ1) is 18.8. The van der Waals surface area contributed by atoms with Crippen molar-refractivity contribution < 1.29 is 4.79 Å². The summed E-state index contributed by atoms with van der Waals surface area (Å²) in [5.74, 6) is 0.0728. The van der Waals surface area contributed by atoms with Gasteiger partial charge in [-0.1, -0.05) is 71.7 Å². The van der Waals surface area contributed by atoms with Crippen LogP contribution in [0.3, 0.4) is 0 Å². The fourth-order valence-corrected chi connectivity index (χ4v) is 4.08. The van der Waals surface area contributed by atoms with E-state index in [9.17, 15) is 4.79 Å². The van der Waals surface area contributed by atoms with Crippen molar-refractivity contribution in [2.45, 2.75) is 16.6 Å². The number of benzene rings is 3. The van der Waals surface area contributed by atoms with E-state index in [0.29, 0.717) is 27.7 Å². The molecule has 0 saturated carbocycles. The summed E-state index contributed by atoms with van der Waals surface area (Å²) in [4.78, 5) is 13.7. The Hall–Kier alpha value is -1.94. The van der Waals surface area contributed by atoms with Crippen LogP contribution in [0.25, 0.3) is 0 Å². The highest BCUT2D eigenvalue weighted by atomic mass is 35.5. The smallest absolute Gasteiger partial charge is 0.164 e. The molecule has 0 aliphatic carbocycles. The summed E-state index contributed by atoms with van der Waals surface area (Å²) in [5, 5.41) is 0.845. The van der Waals surface area contributed by atoms with Crippen molar-refractivity contribution in [3.05, 3.63) is 94.0 Å². The second kappa shape index (κ2) is 8.63. The molecule has 0 spiro atoms. The summed E-state index contributed by atoms with van der Waals surface area (Å²) in [7, 11) is 0. The van der Waals surface area contributed by atoms with Crippen molar-refractivity contribution in [1.82, 2.24) is 0 Å². The van der Waals surface area contributed by atoms with Gasteiger partial charge in [0.2, 0.25) is 0 Å². The van der Waals surface area contributed by atoms with E-state index in [1.807, 2.05) is 66.7 Å². The van der Waals surface area contributed by atoms with Gasteiger partial charge in [-0.3, -0.25) is 4.79 Å². The van der Waals surface area contributed by atoms with Gasteiger partial charge in [0.1, 0.15) is 0 Å². The van der Waals surface area contributed by atoms with Gasteiger partial charge in [0.15, 0.2) is 5.78 Å². The lowest BCUT2D eigenvalue weighted by molar-refractivity contribution is 0.0982. The first-order chi connectivity index (χ1) is 12.5. The molecule has 0 unspecified atom stereocenters. The minimum absolute atomic E-state index is 0.0728. The van der Waals surface area contributed by atoms with E-state index in [4.69, 9.17) is 28.9 Å². The molecule has 2 N–H and O–H groups in total. The van der Waals surface area contributed by atoms with E-state index in [0.717, 1.165) is 10.5 Å². The molecule has 3 aromatic carbocycles. The number of ketones is 1. The molecule has 5 heteroatoms. The van der Waals surface area contributed by atoms with Crippen LogP contribution in [0.4, 0.5) is 5.69 Å². The Bertz CT molecular complexity index is 915. The Morgan fingerprint density at radius 3 is 2.31 bits per heavy atom. The normalized spacial score (nSPS) is 11.9. The van der Waals surface area contributed by atoms with Crippen molar-refractivity contribution in [2.75, 3.05) is 5.73 Å². The fraction of sp³-hybridized carbons (Fsp3) is 0.0952. The molecular formula is C21H17Cl2NOS. The maximum atomic E-state index is 12.8. The highest BCUT2D eigenvalue weighted by molar-refractivity contribution is 7.99. The number of thioether (sulfide) groups is 1. The van der Waals surface area contributed by atoms with Crippen LogP contribution in [-0.2, 0) is 0 Å². The Balaban J connectivity index is 1.91. The van der Waals surface area contributed by atoms with Crippen LogP contribution in [0.5, 0.6) is 0 Å². The molecule has 3 rings (SSSR count). The average Bonchev–Trinajstić information content (AvgIpc) is 2.66. The molecule has 3 aromatic rings. The van der Waals surface area contributed by atoms with Crippen LogP contribution in [0, 0.1) is 0 Å². The number of anilines is 1. The van der Waals surface area contributed by atoms with E-state index in [-0.39, 0.29) is 11.0 Å². The quantitative estimate of drug-likeness (QED) is 0.284. The van der Waals surface area contributed by atoms with Gasteiger partial charge >= 0.3 is 0 Å². The maximum absolute atomic E-state index is 12.8. The lowest BCUT2D eigenvalue weighted by Crippen LogP contribution is -2.06. The molecule has 0 amide bonds. The molecule has 2 nitrogen and oxygen atoms in total. The minimum atomic E-state index is -0.123. The van der Waals surface area contributed by atoms with Gasteiger partial charge < -0.3 is 5.73 Å². The van der Waals surface area contributed by atoms with E-state index in [2.05, 4.69) is 0 Å². The molecule has 0 radical (unpaired) electrons. The molecule has 0 aromatic heterocycles. The minimum Gasteiger partial charge on any atom is -0.398 e. The largest absolute Gasteiger partial charge is 0.398 e. The zero-order valence-corrected chi connectivity index (χ0v) is 16.2. The highest BCUT2D eigenvalue weighted by Gasteiger charge is 2.20. The molecule has 132 valence electrons. The Labute approximate surface area is 167 Å². The third-order valence-electron chi connectivity index (χ3n) is 3.97. The summed E-state index contributed by atoms with van der Waals surface area (Å²) in [5.41, 5.74) is 8.41. The van der Waals surface area contributed by atoms with Crippen molar-refractivity contribution in [2.24, 2.45) is 0 Å². The third-order valence-corrected chi connectivity index (χ3v) is 6.06. The van der Waals surface area contributed by atoms with Crippen LogP contribution >= 0.6 is 35.0 Å². The lowest BCUT2D eigenvalue weighted by Gasteiger charge is -2.18. The van der Waals surface area contributed by atoms with Gasteiger partial charge in [-0.15, -0.1) is 11.8 Å². The molecule has 0 bridgehead atoms. The Morgan fingerprint density at radius 1 is 0.923 bits per heavy atom. The maximum Gasteiger partial charge on any atom is 0.164 e. The predicted molar refractivity (Wildman–Crippen MR) is 111 cm³/mol. The predicted octanol–water partition coefficient (Wildman–Crippen LogP) is 6.68. The van der Waals surface area contributed by atoms with Gasteiger partial charge in [0.25, 0.3) is 0 Å². The van der Waals surface area contributed by atoms with E-state index >= 15 is 0 Å². The van der Waals surface area contributed by atoms with Gasteiger partial charge in [0.05, 0.1) is 10.0 Å². The van der Waals surface area contributed by atoms with E-state index in [1.54, 1.807) is 17.8 Å². The number of Topliss-reactive ketones (excluding diaryl/α,β-unsaturated/α-hetero) is 1. The molecule has 0 aliphatic rings. The van der Waals surface area contributed by atoms with E-state index in [1.165, 1.54) is 0 Å². The summed E-state index contributed by atoms with van der Waals surface area (Å²) in [6.45, 7) is 0. The summed E-state index contributed by atoms with van der Waals surface area (Å²) in [6.07, 6.45) is 0.334. The highest BCUT2D eigenvalue weighted by Crippen LogP contribution is 2.42. The first-order valence-corrected chi connectivity index (χ1v) is 9.72. The number of carbonyl (C=O) groups excluding carboxylic acids is 1. The number of hydrogen-bond acceptors (Lipinski definition) is 3. The molecular weight excluding hydrogens is 385 g/mol. The van der Waals surface area contributed by atoms with Crippen LogP contribution in [-0.4, -0.2) is 5.78 Å². The number of nitrogens with two attached hydrogens (primary N) is 1. The topological polar surface area (TPSA) is 43.1 Å². The summed E-state index contributed by atoms with van der Waals surface area (Å²) >= 11 is 13.8. The van der Waals surface area contributed by atoms with E-state index < -0.39 is 0 Å². The van der Waals surface area contributed by atoms with Crippen LogP contribution in [0.1, 0.15) is 27.6 Å². The number of carbonyl (C=O) groups is 1. The number of hydrogen-bond donors (Lipinski definition) is 1. The van der Waals surface area contributed by atoms with Crippen molar-refractivity contribution in [3.63, 3.8) is 0 Å². The van der Waals surface area contributed by atoms with Gasteiger partial charge in [-0.25, -0.2) is 0 Å². The number of halogens is 2. The van der Waals surface area contributed by atoms with Crippen molar-refractivity contribution in [3.8, 4) is 0 Å². The zero-order chi connectivity index (χ0) is 18.5. The zero-order valence-electron chi connectivity index (χ0n) is 13.9. The molecule has 0 heterocycles. The second-order valence-electron chi connectivity index (χ2n) is 5.81. The lowest BCUT2D eigenvalue weighted by atomic mass is 10.0. The van der Waals surface area contributed by atoms with Crippen LogP contribution in [0.2, 0.25) is 10.0 Å². The average molecular weight is 402 g/mol. The SMILES string of the molecule is Nc1ccccc1S[C@H](CC(=O)c1ccccc1)c1ccc(Cl)c(Cl)c1. The summed E-state index contributed by atoms with van der Waals surface area (Å²) < 4.78 is 0. The number of rotatable bonds is 6. The molecule has 0 aliphatic heterocycles. The monoisotopic (exact) mass is 401 g/mol. The van der Waals surface area contributed by atoms with Gasteiger partial charge in [-0.05, 0) is 29.8 Å². The van der Waals surface area contributed by atoms with Gasteiger partial charge in [0, 0.05) is 27.8 Å². The Kier molecular flexibility index (Phi) is 6.25. The number of para-hydroxylation sites is 1. The Morgan fingerprint density at radius 2 is 1.62 bits per heavy atom. The standard InChI is InChI=1S/C21H17Cl2NOS/c22-16-11-10-15(12-17(16)23)21(26-20-9-5-4-8-18(20)24)13-19(25)14-6-2-1-3-7-14/h1-12,21H,13,24H2/t21-/m1/s1. The summed E-state index contributed by atoms with van der Waals surface area (Å²) in [6, 6.07) is 22.4. The molecule has 0 fully saturated rings. The number of nitrogen functional groups attached to an aromatic ring is 1.